The van der Waals surface area contributed by atoms with Crippen LogP contribution < -0.4 is 4.74 Å². The van der Waals surface area contributed by atoms with Gasteiger partial charge in [0.05, 0.1) is 0 Å². The van der Waals surface area contributed by atoms with Crippen LogP contribution in [0.25, 0.3) is 0 Å². The van der Waals surface area contributed by atoms with Gasteiger partial charge in [0, 0.05) is 6.08 Å². The summed E-state index contributed by atoms with van der Waals surface area (Å²) in [4.78, 5) is 11.5. The fourth-order valence-corrected chi connectivity index (χ4v) is 1.64. The van der Waals surface area contributed by atoms with Crippen LogP contribution in [0.1, 0.15) is 38.3 Å². The third-order valence-electron chi connectivity index (χ3n) is 2.40. The lowest BCUT2D eigenvalue weighted by molar-refractivity contribution is -0.129. The maximum atomic E-state index is 11.5. The average molecular weight is 232 g/mol. The van der Waals surface area contributed by atoms with E-state index in [0.717, 1.165) is 24.0 Å². The van der Waals surface area contributed by atoms with Crippen molar-refractivity contribution in [2.24, 2.45) is 0 Å². The summed E-state index contributed by atoms with van der Waals surface area (Å²) < 4.78 is 5.27. The van der Waals surface area contributed by atoms with Crippen LogP contribution in [0.15, 0.2) is 29.8 Å². The zero-order chi connectivity index (χ0) is 12.8. The van der Waals surface area contributed by atoms with E-state index < -0.39 is 0 Å². The molecule has 1 rings (SSSR count). The van der Waals surface area contributed by atoms with E-state index in [9.17, 15) is 4.79 Å². The lowest BCUT2D eigenvalue weighted by Crippen LogP contribution is -2.05. The van der Waals surface area contributed by atoms with Crippen molar-refractivity contribution in [1.82, 2.24) is 0 Å². The maximum absolute atomic E-state index is 11.5. The van der Waals surface area contributed by atoms with Gasteiger partial charge < -0.3 is 4.74 Å². The number of allylic oxidation sites excluding steroid dienone is 1. The van der Waals surface area contributed by atoms with Gasteiger partial charge in [-0.05, 0) is 44.4 Å². The third-order valence-corrected chi connectivity index (χ3v) is 2.40. The zero-order valence-electron chi connectivity index (χ0n) is 11.0. The monoisotopic (exact) mass is 232 g/mol. The quantitative estimate of drug-likeness (QED) is 0.448. The molecule has 0 saturated heterocycles. The molecule has 0 bridgehead atoms. The second kappa shape index (κ2) is 6.24. The molecule has 0 heterocycles. The van der Waals surface area contributed by atoms with Crippen molar-refractivity contribution in [2.45, 2.75) is 40.5 Å². The van der Waals surface area contributed by atoms with Crippen molar-refractivity contribution < 1.29 is 9.53 Å². The molecule has 0 aromatic heterocycles. The fraction of sp³-hybridized carbons (Fsp3) is 0.400. The molecule has 0 aliphatic carbocycles. The van der Waals surface area contributed by atoms with E-state index >= 15 is 0 Å². The van der Waals surface area contributed by atoms with Crippen molar-refractivity contribution in [2.75, 3.05) is 0 Å². The molecule has 0 fully saturated rings. The highest BCUT2D eigenvalue weighted by atomic mass is 16.5. The van der Waals surface area contributed by atoms with Gasteiger partial charge in [-0.25, -0.2) is 4.79 Å². The van der Waals surface area contributed by atoms with Gasteiger partial charge in [-0.15, -0.1) is 0 Å². The number of ether oxygens (including phenoxy) is 1. The number of esters is 1. The van der Waals surface area contributed by atoms with Gasteiger partial charge in [0.15, 0.2) is 0 Å². The van der Waals surface area contributed by atoms with Gasteiger partial charge in [-0.3, -0.25) is 0 Å². The third kappa shape index (κ3) is 4.43. The van der Waals surface area contributed by atoms with Crippen LogP contribution in [0.3, 0.4) is 0 Å². The summed E-state index contributed by atoms with van der Waals surface area (Å²) in [6.45, 7) is 7.86. The lowest BCUT2D eigenvalue weighted by atomic mass is 10.1. The molecule has 0 saturated carbocycles. The van der Waals surface area contributed by atoms with Crippen LogP contribution in [0.5, 0.6) is 5.75 Å². The van der Waals surface area contributed by atoms with Crippen molar-refractivity contribution in [1.29, 1.82) is 0 Å². The van der Waals surface area contributed by atoms with E-state index in [1.54, 1.807) is 0 Å². The van der Waals surface area contributed by atoms with Crippen LogP contribution >= 0.6 is 0 Å². The van der Waals surface area contributed by atoms with Crippen LogP contribution in [0.4, 0.5) is 0 Å². The van der Waals surface area contributed by atoms with Crippen molar-refractivity contribution in [3.8, 4) is 5.75 Å². The van der Waals surface area contributed by atoms with Crippen LogP contribution in [-0.2, 0) is 11.2 Å². The summed E-state index contributed by atoms with van der Waals surface area (Å²) in [6, 6.07) is 5.97. The number of carbonyl (C=O) groups excluding carboxylic acids is 1. The summed E-state index contributed by atoms with van der Waals surface area (Å²) in [7, 11) is 0. The number of hydrogen-bond donors (Lipinski definition) is 0. The summed E-state index contributed by atoms with van der Waals surface area (Å²) in [5, 5.41) is 0. The Kier molecular flexibility index (Phi) is 4.95. The second-order valence-corrected chi connectivity index (χ2v) is 4.49. The Morgan fingerprint density at radius 1 is 1.35 bits per heavy atom. The minimum absolute atomic E-state index is 0.309. The molecule has 17 heavy (non-hydrogen) atoms. The highest BCUT2D eigenvalue weighted by Crippen LogP contribution is 2.20. The molecule has 0 atom stereocenters. The van der Waals surface area contributed by atoms with Gasteiger partial charge in [0.25, 0.3) is 0 Å². The molecule has 0 radical (unpaired) electrons. The van der Waals surface area contributed by atoms with E-state index in [1.807, 2.05) is 32.9 Å². The summed E-state index contributed by atoms with van der Waals surface area (Å²) >= 11 is 0. The molecule has 1 aromatic carbocycles. The predicted octanol–water partition coefficient (Wildman–Crippen LogP) is 3.82. The molecular formula is C15H20O2. The topological polar surface area (TPSA) is 26.3 Å². The average Bonchev–Trinajstić information content (AvgIpc) is 2.21. The Labute approximate surface area is 103 Å². The number of aryl methyl sites for hydroxylation is 2. The highest BCUT2D eigenvalue weighted by Gasteiger charge is 2.05. The van der Waals surface area contributed by atoms with Gasteiger partial charge in [-0.1, -0.05) is 31.1 Å². The summed E-state index contributed by atoms with van der Waals surface area (Å²) in [6.07, 6.45) is 3.68. The molecule has 1 aromatic rings. The van der Waals surface area contributed by atoms with E-state index in [-0.39, 0.29) is 5.97 Å². The summed E-state index contributed by atoms with van der Waals surface area (Å²) in [5.74, 6) is 0.337. The molecule has 0 unspecified atom stereocenters. The molecule has 0 N–H and O–H groups in total. The number of carbonyl (C=O) groups is 1. The molecule has 92 valence electrons. The summed E-state index contributed by atoms with van der Waals surface area (Å²) in [5.41, 5.74) is 3.23. The first-order chi connectivity index (χ1) is 8.02. The van der Waals surface area contributed by atoms with Crippen molar-refractivity contribution in [3.05, 3.63) is 41.0 Å². The zero-order valence-corrected chi connectivity index (χ0v) is 11.0. The van der Waals surface area contributed by atoms with Crippen molar-refractivity contribution >= 4 is 5.97 Å². The van der Waals surface area contributed by atoms with E-state index in [1.165, 1.54) is 11.6 Å². The second-order valence-electron chi connectivity index (χ2n) is 4.49. The highest BCUT2D eigenvalue weighted by molar-refractivity contribution is 5.84. The van der Waals surface area contributed by atoms with Crippen LogP contribution in [0.2, 0.25) is 0 Å². The standard InChI is InChI=1S/C15H20O2/c1-5-6-13-7-8-14(12(4)10-13)17-15(16)9-11(2)3/h7-10H,5-6H2,1-4H3. The van der Waals surface area contributed by atoms with Gasteiger partial charge in [-0.2, -0.15) is 0 Å². The number of hydrogen-bond acceptors (Lipinski definition) is 2. The Morgan fingerprint density at radius 2 is 2.06 bits per heavy atom. The van der Waals surface area contributed by atoms with Gasteiger partial charge >= 0.3 is 5.97 Å². The van der Waals surface area contributed by atoms with E-state index in [4.69, 9.17) is 4.74 Å². The molecular weight excluding hydrogens is 212 g/mol. The smallest absolute Gasteiger partial charge is 0.336 e. The van der Waals surface area contributed by atoms with E-state index in [0.29, 0.717) is 5.75 Å². The lowest BCUT2D eigenvalue weighted by Gasteiger charge is -2.07. The molecule has 0 amide bonds. The molecule has 0 aliphatic heterocycles. The Morgan fingerprint density at radius 3 is 2.59 bits per heavy atom. The predicted molar refractivity (Wildman–Crippen MR) is 70.2 cm³/mol. The molecule has 0 aliphatic rings. The Balaban J connectivity index is 2.79. The van der Waals surface area contributed by atoms with Crippen LogP contribution in [0, 0.1) is 6.92 Å². The van der Waals surface area contributed by atoms with Gasteiger partial charge in [0.2, 0.25) is 0 Å². The number of benzene rings is 1. The fourth-order valence-electron chi connectivity index (χ4n) is 1.64. The molecule has 0 spiro atoms. The molecule has 2 nitrogen and oxygen atoms in total. The first kappa shape index (κ1) is 13.5. The minimum Gasteiger partial charge on any atom is -0.423 e. The largest absolute Gasteiger partial charge is 0.423 e. The van der Waals surface area contributed by atoms with Crippen LogP contribution in [-0.4, -0.2) is 5.97 Å². The Bertz CT molecular complexity index is 427. The first-order valence-corrected chi connectivity index (χ1v) is 5.99. The van der Waals surface area contributed by atoms with Gasteiger partial charge in [0.1, 0.15) is 5.75 Å². The number of rotatable bonds is 4. The maximum Gasteiger partial charge on any atom is 0.336 e. The molecule has 2 heteroatoms. The van der Waals surface area contributed by atoms with E-state index in [2.05, 4.69) is 13.0 Å². The minimum atomic E-state index is -0.309. The SMILES string of the molecule is CCCc1ccc(OC(=O)C=C(C)C)c(C)c1. The normalized spacial score (nSPS) is 9.88. The van der Waals surface area contributed by atoms with Crippen molar-refractivity contribution in [3.63, 3.8) is 0 Å². The first-order valence-electron chi connectivity index (χ1n) is 5.99. The Hall–Kier alpha value is -1.57.